The topological polar surface area (TPSA) is 58.4 Å². The van der Waals surface area contributed by atoms with Gasteiger partial charge in [0.1, 0.15) is 11.4 Å². The molecule has 0 aromatic carbocycles. The van der Waals surface area contributed by atoms with Crippen molar-refractivity contribution in [1.82, 2.24) is 9.78 Å². The zero-order valence-corrected chi connectivity index (χ0v) is 12.3. The van der Waals surface area contributed by atoms with E-state index in [0.29, 0.717) is 11.3 Å². The van der Waals surface area contributed by atoms with Crippen molar-refractivity contribution >= 4 is 11.8 Å². The number of anilines is 1. The number of carboxylic acids is 1. The third-order valence-corrected chi connectivity index (χ3v) is 5.00. The molecule has 0 radical (unpaired) electrons. The summed E-state index contributed by atoms with van der Waals surface area (Å²) in [6.07, 6.45) is 6.53. The predicted octanol–water partition coefficient (Wildman–Crippen LogP) is 2.44. The number of carbonyl (C=O) groups is 1. The molecule has 5 nitrogen and oxygen atoms in total. The third-order valence-electron chi connectivity index (χ3n) is 5.00. The number of carboxylic acid groups (broad SMARTS) is 1. The van der Waals surface area contributed by atoms with E-state index >= 15 is 0 Å². The molecule has 110 valence electrons. The van der Waals surface area contributed by atoms with Crippen LogP contribution in [0.4, 0.5) is 5.82 Å². The predicted molar refractivity (Wildman–Crippen MR) is 77.2 cm³/mol. The van der Waals surface area contributed by atoms with E-state index in [1.54, 1.807) is 11.6 Å². The minimum Gasteiger partial charge on any atom is -0.477 e. The van der Waals surface area contributed by atoms with Crippen LogP contribution in [0.3, 0.4) is 0 Å². The van der Waals surface area contributed by atoms with E-state index in [9.17, 15) is 9.90 Å². The van der Waals surface area contributed by atoms with Crippen molar-refractivity contribution in [2.75, 3.05) is 18.0 Å². The van der Waals surface area contributed by atoms with Crippen LogP contribution < -0.4 is 4.90 Å². The second-order valence-electron chi connectivity index (χ2n) is 6.25. The maximum Gasteiger partial charge on any atom is 0.341 e. The first-order valence-electron chi connectivity index (χ1n) is 7.59. The molecular weight excluding hydrogens is 254 g/mol. The van der Waals surface area contributed by atoms with Crippen molar-refractivity contribution in [3.8, 4) is 0 Å². The summed E-state index contributed by atoms with van der Waals surface area (Å²) in [5, 5.41) is 13.7. The smallest absolute Gasteiger partial charge is 0.341 e. The Labute approximate surface area is 119 Å². The van der Waals surface area contributed by atoms with Crippen molar-refractivity contribution in [2.24, 2.45) is 18.9 Å². The zero-order valence-electron chi connectivity index (χ0n) is 12.3. The molecule has 0 amide bonds. The summed E-state index contributed by atoms with van der Waals surface area (Å²) >= 11 is 0. The lowest BCUT2D eigenvalue weighted by Crippen LogP contribution is -2.43. The van der Waals surface area contributed by atoms with Crippen LogP contribution in [-0.4, -0.2) is 33.9 Å². The van der Waals surface area contributed by atoms with E-state index in [0.717, 1.165) is 30.7 Å². The van der Waals surface area contributed by atoms with Gasteiger partial charge < -0.3 is 10.0 Å². The molecule has 1 N–H and O–H groups in total. The Morgan fingerprint density at radius 2 is 1.95 bits per heavy atom. The lowest BCUT2D eigenvalue weighted by atomic mass is 9.75. The molecule has 5 heteroatoms. The Hall–Kier alpha value is -1.52. The lowest BCUT2D eigenvalue weighted by Gasteiger charge is -2.42. The molecule has 20 heavy (non-hydrogen) atoms. The average molecular weight is 277 g/mol. The number of piperidine rings is 1. The highest BCUT2D eigenvalue weighted by atomic mass is 16.4. The Morgan fingerprint density at radius 3 is 2.65 bits per heavy atom. The van der Waals surface area contributed by atoms with E-state index in [2.05, 4.69) is 10.00 Å². The molecule has 1 aliphatic carbocycles. The lowest BCUT2D eigenvalue weighted by molar-refractivity contribution is 0.0696. The van der Waals surface area contributed by atoms with Gasteiger partial charge in [-0.3, -0.25) is 4.68 Å². The molecule has 0 spiro atoms. The van der Waals surface area contributed by atoms with Crippen LogP contribution in [0.25, 0.3) is 0 Å². The van der Waals surface area contributed by atoms with Gasteiger partial charge in [0.15, 0.2) is 0 Å². The first kappa shape index (κ1) is 13.5. The molecule has 2 heterocycles. The third kappa shape index (κ3) is 2.19. The molecule has 2 atom stereocenters. The van der Waals surface area contributed by atoms with Gasteiger partial charge in [0.25, 0.3) is 0 Å². The summed E-state index contributed by atoms with van der Waals surface area (Å²) in [4.78, 5) is 13.7. The minimum absolute atomic E-state index is 0.377. The van der Waals surface area contributed by atoms with Crippen LogP contribution in [-0.2, 0) is 7.05 Å². The molecule has 1 saturated carbocycles. The highest BCUT2D eigenvalue weighted by molar-refractivity contribution is 5.94. The summed E-state index contributed by atoms with van der Waals surface area (Å²) in [6, 6.07) is 0. The van der Waals surface area contributed by atoms with E-state index < -0.39 is 5.97 Å². The van der Waals surface area contributed by atoms with Crippen molar-refractivity contribution in [1.29, 1.82) is 0 Å². The zero-order chi connectivity index (χ0) is 14.3. The fraction of sp³-hybridized carbons (Fsp3) is 0.733. The second kappa shape index (κ2) is 5.11. The quantitative estimate of drug-likeness (QED) is 0.902. The second-order valence-corrected chi connectivity index (χ2v) is 6.25. The summed E-state index contributed by atoms with van der Waals surface area (Å²) < 4.78 is 1.74. The van der Waals surface area contributed by atoms with Crippen molar-refractivity contribution < 1.29 is 9.90 Å². The van der Waals surface area contributed by atoms with Gasteiger partial charge in [0.05, 0.1) is 5.69 Å². The molecule has 2 unspecified atom stereocenters. The van der Waals surface area contributed by atoms with Gasteiger partial charge in [-0.05, 0) is 31.6 Å². The molecular formula is C15H23N3O2. The molecule has 1 saturated heterocycles. The Morgan fingerprint density at radius 1 is 1.25 bits per heavy atom. The first-order chi connectivity index (χ1) is 9.58. The normalized spacial score (nSPS) is 26.4. The highest BCUT2D eigenvalue weighted by Crippen LogP contribution is 2.38. The van der Waals surface area contributed by atoms with Gasteiger partial charge in [-0.25, -0.2) is 4.79 Å². The van der Waals surface area contributed by atoms with Gasteiger partial charge in [-0.15, -0.1) is 0 Å². The van der Waals surface area contributed by atoms with Crippen molar-refractivity contribution in [3.05, 3.63) is 11.3 Å². The standard InChI is InChI=1S/C15H23N3O2/c1-10-13(15(19)20)14(17(2)16-10)18-8-7-11-5-3-4-6-12(11)9-18/h11-12H,3-9H2,1-2H3,(H,19,20). The maximum atomic E-state index is 11.5. The number of aromatic nitrogens is 2. The number of fused-ring (bicyclic) bond motifs is 1. The van der Waals surface area contributed by atoms with Gasteiger partial charge in [-0.2, -0.15) is 5.10 Å². The summed E-state index contributed by atoms with van der Waals surface area (Å²) in [6.45, 7) is 3.73. The van der Waals surface area contributed by atoms with Crippen molar-refractivity contribution in [2.45, 2.75) is 39.0 Å². The monoisotopic (exact) mass is 277 g/mol. The molecule has 2 aliphatic rings. The SMILES string of the molecule is Cc1nn(C)c(N2CCC3CCCCC3C2)c1C(=O)O. The fourth-order valence-corrected chi connectivity index (χ4v) is 4.05. The Kier molecular flexibility index (Phi) is 3.44. The number of rotatable bonds is 2. The molecule has 0 bridgehead atoms. The fourth-order valence-electron chi connectivity index (χ4n) is 4.05. The summed E-state index contributed by atoms with van der Waals surface area (Å²) in [7, 11) is 1.85. The van der Waals surface area contributed by atoms with Crippen LogP contribution in [0.1, 0.15) is 48.2 Å². The maximum absolute atomic E-state index is 11.5. The van der Waals surface area contributed by atoms with Crippen LogP contribution in [0.2, 0.25) is 0 Å². The van der Waals surface area contributed by atoms with Gasteiger partial charge in [-0.1, -0.05) is 19.3 Å². The Bertz CT molecular complexity index is 523. The number of aromatic carboxylic acids is 1. The van der Waals surface area contributed by atoms with Crippen LogP contribution >= 0.6 is 0 Å². The molecule has 3 rings (SSSR count). The molecule has 1 aromatic heterocycles. The van der Waals surface area contributed by atoms with E-state index in [4.69, 9.17) is 0 Å². The number of nitrogens with zero attached hydrogens (tertiary/aromatic N) is 3. The van der Waals surface area contributed by atoms with Gasteiger partial charge >= 0.3 is 5.97 Å². The molecule has 2 fully saturated rings. The van der Waals surface area contributed by atoms with E-state index in [-0.39, 0.29) is 0 Å². The van der Waals surface area contributed by atoms with Crippen LogP contribution in [0.5, 0.6) is 0 Å². The highest BCUT2D eigenvalue weighted by Gasteiger charge is 2.34. The first-order valence-corrected chi connectivity index (χ1v) is 7.59. The number of hydrogen-bond donors (Lipinski definition) is 1. The van der Waals surface area contributed by atoms with E-state index in [1.165, 1.54) is 32.1 Å². The number of hydrogen-bond acceptors (Lipinski definition) is 3. The van der Waals surface area contributed by atoms with Crippen LogP contribution in [0.15, 0.2) is 0 Å². The van der Waals surface area contributed by atoms with Gasteiger partial charge in [0.2, 0.25) is 0 Å². The van der Waals surface area contributed by atoms with Crippen molar-refractivity contribution in [3.63, 3.8) is 0 Å². The van der Waals surface area contributed by atoms with E-state index in [1.807, 2.05) is 7.05 Å². The average Bonchev–Trinajstić information content (AvgIpc) is 2.73. The summed E-state index contributed by atoms with van der Waals surface area (Å²) in [5.74, 6) is 1.51. The largest absolute Gasteiger partial charge is 0.477 e. The minimum atomic E-state index is -0.864. The van der Waals surface area contributed by atoms with Crippen LogP contribution in [0, 0.1) is 18.8 Å². The molecule has 1 aromatic rings. The molecule has 1 aliphatic heterocycles. The summed E-state index contributed by atoms with van der Waals surface area (Å²) in [5.41, 5.74) is 0.988. The Balaban J connectivity index is 1.88. The van der Waals surface area contributed by atoms with Gasteiger partial charge in [0, 0.05) is 20.1 Å². The number of aryl methyl sites for hydroxylation is 2.